The van der Waals surface area contributed by atoms with Crippen LogP contribution in [-0.2, 0) is 0 Å². The first-order chi connectivity index (χ1) is 8.74. The van der Waals surface area contributed by atoms with E-state index in [1.54, 1.807) is 11.8 Å². The van der Waals surface area contributed by atoms with Gasteiger partial charge in [0, 0.05) is 25.7 Å². The highest BCUT2D eigenvalue weighted by atomic mass is 32.2. The highest BCUT2D eigenvalue weighted by Crippen LogP contribution is 2.25. The fourth-order valence-electron chi connectivity index (χ4n) is 2.39. The number of hydrogen-bond donors (Lipinski definition) is 1. The van der Waals surface area contributed by atoms with E-state index in [9.17, 15) is 0 Å². The molecule has 1 aromatic heterocycles. The minimum atomic E-state index is 0.571. The van der Waals surface area contributed by atoms with Crippen LogP contribution in [-0.4, -0.2) is 35.9 Å². The maximum Gasteiger partial charge on any atom is 0.191 e. The Labute approximate surface area is 114 Å². The molecule has 0 bridgehead atoms. The van der Waals surface area contributed by atoms with Gasteiger partial charge in [-0.3, -0.25) is 0 Å². The zero-order valence-electron chi connectivity index (χ0n) is 11.4. The van der Waals surface area contributed by atoms with E-state index in [1.165, 1.54) is 25.7 Å². The Balaban J connectivity index is 2.29. The molecular formula is C13H22N4S. The van der Waals surface area contributed by atoms with Gasteiger partial charge in [-0.05, 0) is 26.0 Å². The third-order valence-corrected chi connectivity index (χ3v) is 4.03. The molecule has 0 aliphatic carbocycles. The molecule has 0 aromatic carbocycles. The molecule has 1 atom stereocenters. The summed E-state index contributed by atoms with van der Waals surface area (Å²) < 4.78 is 0. The Hall–Kier alpha value is -0.970. The van der Waals surface area contributed by atoms with Gasteiger partial charge < -0.3 is 10.2 Å². The highest BCUT2D eigenvalue weighted by molar-refractivity contribution is 7.98. The molecule has 4 nitrogen and oxygen atoms in total. The molecule has 0 saturated carbocycles. The lowest BCUT2D eigenvalue weighted by molar-refractivity contribution is 0.608. The van der Waals surface area contributed by atoms with Crippen molar-refractivity contribution in [2.24, 2.45) is 0 Å². The lowest BCUT2D eigenvalue weighted by Crippen LogP contribution is -2.33. The zero-order valence-corrected chi connectivity index (χ0v) is 12.3. The van der Waals surface area contributed by atoms with E-state index in [2.05, 4.69) is 33.2 Å². The van der Waals surface area contributed by atoms with Crippen LogP contribution in [0.4, 0.5) is 11.6 Å². The number of nitrogens with zero attached hydrogens (tertiary/aromatic N) is 3. The molecule has 1 aliphatic heterocycles. The molecule has 2 rings (SSSR count). The van der Waals surface area contributed by atoms with Crippen molar-refractivity contribution >= 4 is 23.4 Å². The quantitative estimate of drug-likeness (QED) is 0.673. The zero-order chi connectivity index (χ0) is 13.0. The van der Waals surface area contributed by atoms with Crippen LogP contribution >= 0.6 is 11.8 Å². The molecule has 1 unspecified atom stereocenters. The van der Waals surface area contributed by atoms with E-state index in [4.69, 9.17) is 0 Å². The minimum Gasteiger partial charge on any atom is -0.373 e. The van der Waals surface area contributed by atoms with E-state index in [0.717, 1.165) is 23.3 Å². The third kappa shape index (κ3) is 3.07. The maximum absolute atomic E-state index is 4.65. The van der Waals surface area contributed by atoms with Crippen molar-refractivity contribution in [3.05, 3.63) is 6.07 Å². The number of aromatic nitrogens is 2. The van der Waals surface area contributed by atoms with Gasteiger partial charge in [-0.15, -0.1) is 0 Å². The molecule has 100 valence electrons. The summed E-state index contributed by atoms with van der Waals surface area (Å²) in [5.41, 5.74) is 0. The highest BCUT2D eigenvalue weighted by Gasteiger charge is 2.19. The minimum absolute atomic E-state index is 0.571. The number of anilines is 2. The molecular weight excluding hydrogens is 244 g/mol. The number of thioether (sulfide) groups is 1. The van der Waals surface area contributed by atoms with Crippen molar-refractivity contribution in [3.63, 3.8) is 0 Å². The van der Waals surface area contributed by atoms with Gasteiger partial charge in [0.05, 0.1) is 0 Å². The van der Waals surface area contributed by atoms with Gasteiger partial charge in [-0.2, -0.15) is 0 Å². The average Bonchev–Trinajstić information content (AvgIpc) is 2.62. The van der Waals surface area contributed by atoms with Gasteiger partial charge in [-0.1, -0.05) is 24.6 Å². The number of hydrogen-bond acceptors (Lipinski definition) is 5. The maximum atomic E-state index is 4.65. The van der Waals surface area contributed by atoms with Crippen LogP contribution in [0.2, 0.25) is 0 Å². The van der Waals surface area contributed by atoms with E-state index in [1.807, 2.05) is 13.3 Å². The van der Waals surface area contributed by atoms with Crippen molar-refractivity contribution in [1.29, 1.82) is 0 Å². The Morgan fingerprint density at radius 3 is 2.89 bits per heavy atom. The Bertz CT molecular complexity index is 374. The molecule has 1 N–H and O–H groups in total. The van der Waals surface area contributed by atoms with Gasteiger partial charge in [-0.25, -0.2) is 9.97 Å². The summed E-state index contributed by atoms with van der Waals surface area (Å²) in [5.74, 6) is 1.97. The van der Waals surface area contributed by atoms with Crippen molar-refractivity contribution in [1.82, 2.24) is 9.97 Å². The second kappa shape index (κ2) is 6.27. The molecule has 1 saturated heterocycles. The second-order valence-electron chi connectivity index (χ2n) is 4.74. The lowest BCUT2D eigenvalue weighted by Gasteiger charge is -2.28. The first-order valence-electron chi connectivity index (χ1n) is 6.62. The van der Waals surface area contributed by atoms with E-state index in [-0.39, 0.29) is 0 Å². The Morgan fingerprint density at radius 1 is 1.33 bits per heavy atom. The van der Waals surface area contributed by atoms with E-state index < -0.39 is 0 Å². The number of rotatable bonds is 3. The monoisotopic (exact) mass is 266 g/mol. The van der Waals surface area contributed by atoms with Crippen LogP contribution in [0, 0.1) is 0 Å². The Kier molecular flexibility index (Phi) is 4.69. The van der Waals surface area contributed by atoms with Crippen LogP contribution in [0.25, 0.3) is 0 Å². The molecule has 1 aromatic rings. The summed E-state index contributed by atoms with van der Waals surface area (Å²) >= 11 is 1.59. The normalized spacial score (nSPS) is 20.6. The molecule has 1 aliphatic rings. The van der Waals surface area contributed by atoms with Crippen LogP contribution in [0.15, 0.2) is 11.2 Å². The SMILES string of the molecule is CNc1cc(N2CCCCCC2C)nc(SC)n1. The second-order valence-corrected chi connectivity index (χ2v) is 5.51. The summed E-state index contributed by atoms with van der Waals surface area (Å²) in [6.45, 7) is 3.40. The van der Waals surface area contributed by atoms with Gasteiger partial charge in [0.2, 0.25) is 0 Å². The summed E-state index contributed by atoms with van der Waals surface area (Å²) in [5, 5.41) is 3.96. The van der Waals surface area contributed by atoms with E-state index in [0.29, 0.717) is 6.04 Å². The smallest absolute Gasteiger partial charge is 0.191 e. The van der Waals surface area contributed by atoms with Crippen molar-refractivity contribution in [3.8, 4) is 0 Å². The van der Waals surface area contributed by atoms with Crippen LogP contribution in [0.5, 0.6) is 0 Å². The fourth-order valence-corrected chi connectivity index (χ4v) is 2.77. The first-order valence-corrected chi connectivity index (χ1v) is 7.84. The molecule has 0 amide bonds. The van der Waals surface area contributed by atoms with Gasteiger partial charge in [0.1, 0.15) is 11.6 Å². The topological polar surface area (TPSA) is 41.0 Å². The summed E-state index contributed by atoms with van der Waals surface area (Å²) in [4.78, 5) is 11.5. The van der Waals surface area contributed by atoms with Crippen LogP contribution in [0.3, 0.4) is 0 Å². The van der Waals surface area contributed by atoms with Crippen LogP contribution in [0.1, 0.15) is 32.6 Å². The standard InChI is InChI=1S/C13H22N4S/c1-10-7-5-4-6-8-17(10)12-9-11(14-2)15-13(16-12)18-3/h9-10H,4-8H2,1-3H3,(H,14,15,16). The summed E-state index contributed by atoms with van der Waals surface area (Å²) in [6, 6.07) is 2.63. The third-order valence-electron chi connectivity index (χ3n) is 3.48. The van der Waals surface area contributed by atoms with E-state index >= 15 is 0 Å². The predicted octanol–water partition coefficient (Wildman–Crippen LogP) is 3.01. The predicted molar refractivity (Wildman–Crippen MR) is 78.6 cm³/mol. The molecule has 5 heteroatoms. The molecule has 0 spiro atoms. The molecule has 18 heavy (non-hydrogen) atoms. The number of nitrogens with one attached hydrogen (secondary N) is 1. The molecule has 2 heterocycles. The summed E-state index contributed by atoms with van der Waals surface area (Å²) in [7, 11) is 1.90. The average molecular weight is 266 g/mol. The lowest BCUT2D eigenvalue weighted by atomic mass is 10.1. The summed E-state index contributed by atoms with van der Waals surface area (Å²) in [6.07, 6.45) is 7.20. The van der Waals surface area contributed by atoms with Crippen molar-refractivity contribution in [2.75, 3.05) is 30.1 Å². The fraction of sp³-hybridized carbons (Fsp3) is 0.692. The Morgan fingerprint density at radius 2 is 2.17 bits per heavy atom. The van der Waals surface area contributed by atoms with Gasteiger partial charge >= 0.3 is 0 Å². The van der Waals surface area contributed by atoms with Crippen LogP contribution < -0.4 is 10.2 Å². The van der Waals surface area contributed by atoms with Gasteiger partial charge in [0.15, 0.2) is 5.16 Å². The van der Waals surface area contributed by atoms with Crippen molar-refractivity contribution in [2.45, 2.75) is 43.8 Å². The molecule has 0 radical (unpaired) electrons. The molecule has 1 fully saturated rings. The van der Waals surface area contributed by atoms with Gasteiger partial charge in [0.25, 0.3) is 0 Å². The van der Waals surface area contributed by atoms with Crippen molar-refractivity contribution < 1.29 is 0 Å². The largest absolute Gasteiger partial charge is 0.373 e. The first kappa shape index (κ1) is 13.5.